The monoisotopic (exact) mass is 364 g/mol. The molecule has 0 bridgehead atoms. The van der Waals surface area contributed by atoms with Gasteiger partial charge in [-0.3, -0.25) is 25.0 Å². The summed E-state index contributed by atoms with van der Waals surface area (Å²) in [6, 6.07) is 12.5. The van der Waals surface area contributed by atoms with Crippen molar-refractivity contribution in [2.75, 3.05) is 0 Å². The van der Waals surface area contributed by atoms with E-state index in [2.05, 4.69) is 0 Å². The largest absolute Gasteiger partial charge is 0.289 e. The highest BCUT2D eigenvalue weighted by atomic mass is 16.6. The predicted octanol–water partition coefficient (Wildman–Crippen LogP) is 4.72. The number of hydrogen-bond donors (Lipinski definition) is 0. The molecule has 1 aliphatic rings. The maximum Gasteiger partial charge on any atom is 0.276 e. The Morgan fingerprint density at radius 2 is 1.15 bits per heavy atom. The first kappa shape index (κ1) is 18.2. The van der Waals surface area contributed by atoms with Crippen molar-refractivity contribution < 1.29 is 14.6 Å². The van der Waals surface area contributed by atoms with Crippen molar-refractivity contribution in [3.05, 3.63) is 91.0 Å². The lowest BCUT2D eigenvalue weighted by Gasteiger charge is -2.16. The molecular formula is C20H16N2O5. The maximum atomic E-state index is 12.8. The number of Topliss-reactive ketones (excluding diaryl/α,β-unsaturated/α-hetero) is 1. The van der Waals surface area contributed by atoms with Crippen molar-refractivity contribution in [1.82, 2.24) is 0 Å². The summed E-state index contributed by atoms with van der Waals surface area (Å²) in [7, 11) is 0. The van der Waals surface area contributed by atoms with Gasteiger partial charge in [-0.1, -0.05) is 24.3 Å². The molecule has 0 spiro atoms. The van der Waals surface area contributed by atoms with Crippen LogP contribution in [0.15, 0.2) is 59.7 Å². The summed E-state index contributed by atoms with van der Waals surface area (Å²) < 4.78 is 0. The van der Waals surface area contributed by atoms with Crippen molar-refractivity contribution in [1.29, 1.82) is 0 Å². The molecule has 0 radical (unpaired) electrons. The number of para-hydroxylation sites is 2. The van der Waals surface area contributed by atoms with Gasteiger partial charge in [-0.2, -0.15) is 0 Å². The summed E-state index contributed by atoms with van der Waals surface area (Å²) in [6.45, 7) is 0. The first-order valence-electron chi connectivity index (χ1n) is 8.40. The van der Waals surface area contributed by atoms with Crippen molar-refractivity contribution in [2.24, 2.45) is 0 Å². The summed E-state index contributed by atoms with van der Waals surface area (Å²) >= 11 is 0. The quantitative estimate of drug-likeness (QED) is 0.443. The lowest BCUT2D eigenvalue weighted by molar-refractivity contribution is -0.385. The molecule has 7 heteroatoms. The van der Waals surface area contributed by atoms with Crippen LogP contribution < -0.4 is 0 Å². The number of rotatable bonds is 4. The van der Waals surface area contributed by atoms with Gasteiger partial charge in [0.25, 0.3) is 11.4 Å². The third-order valence-corrected chi connectivity index (χ3v) is 4.40. The molecule has 0 N–H and O–H groups in total. The molecule has 0 saturated heterocycles. The number of carbonyl (C=O) groups excluding carboxylic acids is 1. The SMILES string of the molecule is O=C1/C(=C\c2ccccc2[N+](=O)[O-])CCC/C1=C\c1ccccc1[N+](=O)[O-]. The molecule has 2 aromatic carbocycles. The number of allylic oxidation sites excluding steroid dienone is 2. The molecule has 136 valence electrons. The van der Waals surface area contributed by atoms with E-state index in [1.807, 2.05) is 0 Å². The Morgan fingerprint density at radius 1 is 0.741 bits per heavy atom. The summed E-state index contributed by atoms with van der Waals surface area (Å²) in [4.78, 5) is 34.2. The van der Waals surface area contributed by atoms with Gasteiger partial charge in [0.1, 0.15) is 0 Å². The van der Waals surface area contributed by atoms with Crippen LogP contribution in [0.5, 0.6) is 0 Å². The van der Waals surface area contributed by atoms with E-state index < -0.39 is 9.85 Å². The van der Waals surface area contributed by atoms with E-state index >= 15 is 0 Å². The van der Waals surface area contributed by atoms with Gasteiger partial charge < -0.3 is 0 Å². The van der Waals surface area contributed by atoms with Crippen molar-refractivity contribution >= 4 is 29.3 Å². The van der Waals surface area contributed by atoms with Crippen LogP contribution in [-0.4, -0.2) is 15.6 Å². The van der Waals surface area contributed by atoms with Gasteiger partial charge in [0.15, 0.2) is 5.78 Å². The topological polar surface area (TPSA) is 103 Å². The summed E-state index contributed by atoms with van der Waals surface area (Å²) in [5.41, 5.74) is 1.57. The molecule has 0 atom stereocenters. The first-order valence-corrected chi connectivity index (χ1v) is 8.40. The molecule has 0 unspecified atom stereocenters. The van der Waals surface area contributed by atoms with Crippen LogP contribution in [0.25, 0.3) is 12.2 Å². The van der Waals surface area contributed by atoms with Crippen molar-refractivity contribution in [3.63, 3.8) is 0 Å². The van der Waals surface area contributed by atoms with Crippen LogP contribution in [0.1, 0.15) is 30.4 Å². The average molecular weight is 364 g/mol. The molecule has 1 aliphatic carbocycles. The molecule has 0 amide bonds. The van der Waals surface area contributed by atoms with Gasteiger partial charge in [-0.25, -0.2) is 0 Å². The Hall–Kier alpha value is -3.61. The van der Waals surface area contributed by atoms with E-state index in [0.717, 1.165) is 0 Å². The van der Waals surface area contributed by atoms with Crippen LogP contribution in [-0.2, 0) is 4.79 Å². The van der Waals surface area contributed by atoms with E-state index in [9.17, 15) is 25.0 Å². The number of nitro benzene ring substituents is 2. The van der Waals surface area contributed by atoms with Gasteiger partial charge in [-0.15, -0.1) is 0 Å². The van der Waals surface area contributed by atoms with Gasteiger partial charge in [0, 0.05) is 23.3 Å². The molecule has 0 heterocycles. The van der Waals surface area contributed by atoms with Crippen LogP contribution >= 0.6 is 0 Å². The van der Waals surface area contributed by atoms with E-state index in [1.165, 1.54) is 12.1 Å². The lowest BCUT2D eigenvalue weighted by Crippen LogP contribution is -2.12. The second kappa shape index (κ2) is 7.74. The van der Waals surface area contributed by atoms with Gasteiger partial charge in [-0.05, 0) is 43.5 Å². The number of ketones is 1. The highest BCUT2D eigenvalue weighted by Crippen LogP contribution is 2.31. The van der Waals surface area contributed by atoms with E-state index in [-0.39, 0.29) is 17.2 Å². The molecule has 2 aromatic rings. The highest BCUT2D eigenvalue weighted by Gasteiger charge is 2.23. The van der Waals surface area contributed by atoms with Crippen molar-refractivity contribution in [2.45, 2.75) is 19.3 Å². The Morgan fingerprint density at radius 3 is 1.56 bits per heavy atom. The van der Waals surface area contributed by atoms with Crippen LogP contribution in [0.4, 0.5) is 11.4 Å². The zero-order valence-electron chi connectivity index (χ0n) is 14.3. The van der Waals surface area contributed by atoms with E-state index in [1.54, 1.807) is 48.6 Å². The standard InChI is InChI=1S/C20H16N2O5/c23-20-16(12-14-6-1-3-10-18(14)21(24)25)8-5-9-17(20)13-15-7-2-4-11-19(15)22(26)27/h1-4,6-7,10-13H,5,8-9H2/b16-12-,17-13+. The Bertz CT molecular complexity index is 914. The summed E-state index contributed by atoms with van der Waals surface area (Å²) in [6.07, 6.45) is 4.82. The third-order valence-electron chi connectivity index (χ3n) is 4.40. The molecule has 3 rings (SSSR count). The number of hydrogen-bond acceptors (Lipinski definition) is 5. The highest BCUT2D eigenvalue weighted by molar-refractivity contribution is 6.14. The lowest BCUT2D eigenvalue weighted by atomic mass is 9.86. The molecule has 1 fully saturated rings. The minimum atomic E-state index is -0.482. The van der Waals surface area contributed by atoms with Crippen LogP contribution in [0.2, 0.25) is 0 Å². The van der Waals surface area contributed by atoms with E-state index in [0.29, 0.717) is 41.5 Å². The second-order valence-electron chi connectivity index (χ2n) is 6.15. The smallest absolute Gasteiger partial charge is 0.276 e. The number of nitro groups is 2. The molecule has 7 nitrogen and oxygen atoms in total. The number of benzene rings is 2. The van der Waals surface area contributed by atoms with Crippen LogP contribution in [0.3, 0.4) is 0 Å². The Labute approximate surface area is 154 Å². The minimum Gasteiger partial charge on any atom is -0.289 e. The normalized spacial score (nSPS) is 17.3. The molecule has 0 aromatic heterocycles. The summed E-state index contributed by atoms with van der Waals surface area (Å²) in [5, 5.41) is 22.3. The fraction of sp³-hybridized carbons (Fsp3) is 0.150. The molecule has 27 heavy (non-hydrogen) atoms. The van der Waals surface area contributed by atoms with Gasteiger partial charge >= 0.3 is 0 Å². The second-order valence-corrected chi connectivity index (χ2v) is 6.15. The fourth-order valence-corrected chi connectivity index (χ4v) is 3.11. The molecule has 0 aliphatic heterocycles. The average Bonchev–Trinajstić information content (AvgIpc) is 2.65. The Kier molecular flexibility index (Phi) is 5.21. The van der Waals surface area contributed by atoms with Crippen LogP contribution in [0, 0.1) is 20.2 Å². The first-order chi connectivity index (χ1) is 13.0. The fourth-order valence-electron chi connectivity index (χ4n) is 3.11. The zero-order valence-corrected chi connectivity index (χ0v) is 14.3. The summed E-state index contributed by atoms with van der Waals surface area (Å²) in [5.74, 6) is -0.224. The Balaban J connectivity index is 1.98. The minimum absolute atomic E-state index is 0.0624. The maximum absolute atomic E-state index is 12.8. The molecular weight excluding hydrogens is 348 g/mol. The van der Waals surface area contributed by atoms with E-state index in [4.69, 9.17) is 0 Å². The van der Waals surface area contributed by atoms with Gasteiger partial charge in [0.05, 0.1) is 21.0 Å². The molecule has 1 saturated carbocycles. The number of nitrogens with zero attached hydrogens (tertiary/aromatic N) is 2. The zero-order chi connectivity index (χ0) is 19.4. The third kappa shape index (κ3) is 3.98. The van der Waals surface area contributed by atoms with Crippen molar-refractivity contribution in [3.8, 4) is 0 Å². The predicted molar refractivity (Wildman–Crippen MR) is 101 cm³/mol. The van der Waals surface area contributed by atoms with Gasteiger partial charge in [0.2, 0.25) is 0 Å². The number of carbonyl (C=O) groups is 1.